The van der Waals surface area contributed by atoms with Gasteiger partial charge in [0.25, 0.3) is 0 Å². The monoisotopic (exact) mass is 334 g/mol. The van der Waals surface area contributed by atoms with Crippen LogP contribution >= 0.6 is 15.9 Å². The van der Waals surface area contributed by atoms with Crippen LogP contribution in [0.1, 0.15) is 25.7 Å². The van der Waals surface area contributed by atoms with Crippen molar-refractivity contribution in [2.75, 3.05) is 18.5 Å². The number of hydrogen-bond acceptors (Lipinski definition) is 3. The van der Waals surface area contributed by atoms with E-state index >= 15 is 0 Å². The fourth-order valence-electron chi connectivity index (χ4n) is 2.99. The number of aliphatic hydroxyl groups is 1. The van der Waals surface area contributed by atoms with Crippen molar-refractivity contribution >= 4 is 32.5 Å². The molecule has 0 saturated heterocycles. The molecule has 0 unspecified atom stereocenters. The summed E-state index contributed by atoms with van der Waals surface area (Å²) in [4.78, 5) is 4.41. The molecule has 1 fully saturated rings. The molecule has 2 N–H and O–H groups in total. The lowest BCUT2D eigenvalue weighted by atomic mass is 9.67. The molecule has 0 spiro atoms. The van der Waals surface area contributed by atoms with Crippen LogP contribution in [-0.4, -0.2) is 23.2 Å². The van der Waals surface area contributed by atoms with Gasteiger partial charge in [-0.3, -0.25) is 4.98 Å². The Labute approximate surface area is 127 Å². The fourth-order valence-corrected chi connectivity index (χ4v) is 3.34. The Bertz CT molecular complexity index is 610. The summed E-state index contributed by atoms with van der Waals surface area (Å²) in [6.07, 6.45) is 6.46. The summed E-state index contributed by atoms with van der Waals surface area (Å²) in [6.45, 7) is 1.22. The smallest absolute Gasteiger partial charge is 0.0733 e. The molecule has 0 aliphatic heterocycles. The number of halogens is 1. The van der Waals surface area contributed by atoms with Crippen LogP contribution in [0.4, 0.5) is 5.69 Å². The van der Waals surface area contributed by atoms with E-state index < -0.39 is 0 Å². The van der Waals surface area contributed by atoms with Gasteiger partial charge in [0.15, 0.2) is 0 Å². The predicted octanol–water partition coefficient (Wildman–Crippen LogP) is 3.96. The van der Waals surface area contributed by atoms with E-state index in [2.05, 4.69) is 32.3 Å². The van der Waals surface area contributed by atoms with Crippen molar-refractivity contribution in [1.82, 2.24) is 4.98 Å². The third-order valence-electron chi connectivity index (χ3n) is 4.41. The zero-order valence-electron chi connectivity index (χ0n) is 11.4. The van der Waals surface area contributed by atoms with Crippen LogP contribution in [0.15, 0.2) is 34.9 Å². The number of fused-ring (bicyclic) bond motifs is 1. The Morgan fingerprint density at radius 2 is 2.15 bits per heavy atom. The van der Waals surface area contributed by atoms with E-state index in [0.29, 0.717) is 5.41 Å². The summed E-state index contributed by atoms with van der Waals surface area (Å²) in [6, 6.07) is 8.20. The van der Waals surface area contributed by atoms with Gasteiger partial charge in [-0.25, -0.2) is 0 Å². The van der Waals surface area contributed by atoms with E-state index in [4.69, 9.17) is 0 Å². The molecule has 0 atom stereocenters. The SMILES string of the molecule is OCCC1(CNc2ccnc3cc(Br)ccc23)CCC1. The minimum atomic E-state index is 0.283. The molecule has 106 valence electrons. The number of nitrogens with zero attached hydrogens (tertiary/aromatic N) is 1. The van der Waals surface area contributed by atoms with E-state index in [-0.39, 0.29) is 6.61 Å². The van der Waals surface area contributed by atoms with Gasteiger partial charge in [-0.05, 0) is 48.9 Å². The lowest BCUT2D eigenvalue weighted by Crippen LogP contribution is -2.37. The molecule has 3 nitrogen and oxygen atoms in total. The lowest BCUT2D eigenvalue weighted by Gasteiger charge is -2.42. The predicted molar refractivity (Wildman–Crippen MR) is 85.9 cm³/mol. The molecule has 2 aromatic rings. The summed E-state index contributed by atoms with van der Waals surface area (Å²) in [7, 11) is 0. The molecule has 1 aliphatic rings. The first-order chi connectivity index (χ1) is 9.72. The highest BCUT2D eigenvalue weighted by molar-refractivity contribution is 9.10. The Hall–Kier alpha value is -1.13. The Morgan fingerprint density at radius 1 is 1.30 bits per heavy atom. The van der Waals surface area contributed by atoms with Crippen LogP contribution in [0.25, 0.3) is 10.9 Å². The average Bonchev–Trinajstić information content (AvgIpc) is 2.41. The number of anilines is 1. The standard InChI is InChI=1S/C16H19BrN2O/c17-12-2-3-13-14(4-8-18-15(13)10-12)19-11-16(7-9-20)5-1-6-16/h2-4,8,10,20H,1,5-7,9,11H2,(H,18,19). The van der Waals surface area contributed by atoms with Gasteiger partial charge in [-0.1, -0.05) is 22.4 Å². The Kier molecular flexibility index (Phi) is 3.94. The van der Waals surface area contributed by atoms with E-state index in [9.17, 15) is 5.11 Å². The fraction of sp³-hybridized carbons (Fsp3) is 0.438. The summed E-state index contributed by atoms with van der Waals surface area (Å²) >= 11 is 3.48. The summed E-state index contributed by atoms with van der Waals surface area (Å²) in [5.74, 6) is 0. The van der Waals surface area contributed by atoms with Crippen molar-refractivity contribution in [1.29, 1.82) is 0 Å². The third kappa shape index (κ3) is 2.67. The zero-order chi connectivity index (χ0) is 14.0. The second kappa shape index (κ2) is 5.70. The van der Waals surface area contributed by atoms with Crippen molar-refractivity contribution in [3.05, 3.63) is 34.9 Å². The average molecular weight is 335 g/mol. The van der Waals surface area contributed by atoms with Crippen LogP contribution in [-0.2, 0) is 0 Å². The van der Waals surface area contributed by atoms with Crippen LogP contribution in [0.2, 0.25) is 0 Å². The van der Waals surface area contributed by atoms with E-state index in [0.717, 1.165) is 34.0 Å². The van der Waals surface area contributed by atoms with Crippen LogP contribution in [0.5, 0.6) is 0 Å². The third-order valence-corrected chi connectivity index (χ3v) is 4.91. The van der Waals surface area contributed by atoms with Crippen LogP contribution in [0.3, 0.4) is 0 Å². The van der Waals surface area contributed by atoms with Gasteiger partial charge < -0.3 is 10.4 Å². The van der Waals surface area contributed by atoms with Gasteiger partial charge in [0.2, 0.25) is 0 Å². The van der Waals surface area contributed by atoms with Gasteiger partial charge in [-0.2, -0.15) is 0 Å². The maximum Gasteiger partial charge on any atom is 0.0733 e. The second-order valence-electron chi connectivity index (χ2n) is 5.70. The summed E-state index contributed by atoms with van der Waals surface area (Å²) in [5.41, 5.74) is 2.42. The normalized spacial score (nSPS) is 16.9. The topological polar surface area (TPSA) is 45.1 Å². The second-order valence-corrected chi connectivity index (χ2v) is 6.62. The molecule has 4 heteroatoms. The maximum absolute atomic E-state index is 9.22. The van der Waals surface area contributed by atoms with E-state index in [1.807, 2.05) is 24.4 Å². The highest BCUT2D eigenvalue weighted by Gasteiger charge is 2.36. The van der Waals surface area contributed by atoms with Gasteiger partial charge in [-0.15, -0.1) is 0 Å². The Balaban J connectivity index is 1.80. The molecular formula is C16H19BrN2O. The molecule has 20 heavy (non-hydrogen) atoms. The number of aromatic nitrogens is 1. The number of nitrogens with one attached hydrogen (secondary N) is 1. The van der Waals surface area contributed by atoms with Crippen molar-refractivity contribution < 1.29 is 5.11 Å². The molecule has 0 bridgehead atoms. The molecular weight excluding hydrogens is 316 g/mol. The first-order valence-corrected chi connectivity index (χ1v) is 7.91. The zero-order valence-corrected chi connectivity index (χ0v) is 13.0. The van der Waals surface area contributed by atoms with E-state index in [1.165, 1.54) is 19.3 Å². The maximum atomic E-state index is 9.22. The lowest BCUT2D eigenvalue weighted by molar-refractivity contribution is 0.102. The van der Waals surface area contributed by atoms with Gasteiger partial charge in [0.1, 0.15) is 0 Å². The molecule has 1 aliphatic carbocycles. The number of aliphatic hydroxyl groups excluding tert-OH is 1. The van der Waals surface area contributed by atoms with Crippen molar-refractivity contribution in [3.8, 4) is 0 Å². The number of hydrogen-bond donors (Lipinski definition) is 2. The minimum absolute atomic E-state index is 0.283. The summed E-state index contributed by atoms with van der Waals surface area (Å²) in [5, 5.41) is 13.9. The molecule has 1 heterocycles. The molecule has 1 aromatic carbocycles. The van der Waals surface area contributed by atoms with Gasteiger partial charge in [0, 0.05) is 34.9 Å². The largest absolute Gasteiger partial charge is 0.396 e. The minimum Gasteiger partial charge on any atom is -0.396 e. The van der Waals surface area contributed by atoms with Gasteiger partial charge >= 0.3 is 0 Å². The molecule has 0 amide bonds. The number of pyridine rings is 1. The van der Waals surface area contributed by atoms with Gasteiger partial charge in [0.05, 0.1) is 5.52 Å². The first kappa shape index (κ1) is 13.8. The molecule has 0 radical (unpaired) electrons. The first-order valence-electron chi connectivity index (χ1n) is 7.11. The van der Waals surface area contributed by atoms with E-state index in [1.54, 1.807) is 0 Å². The molecule has 1 aromatic heterocycles. The number of benzene rings is 1. The van der Waals surface area contributed by atoms with Crippen molar-refractivity contribution in [3.63, 3.8) is 0 Å². The molecule has 3 rings (SSSR count). The number of rotatable bonds is 5. The quantitative estimate of drug-likeness (QED) is 0.869. The van der Waals surface area contributed by atoms with Crippen molar-refractivity contribution in [2.24, 2.45) is 5.41 Å². The summed E-state index contributed by atoms with van der Waals surface area (Å²) < 4.78 is 1.05. The Morgan fingerprint density at radius 3 is 2.85 bits per heavy atom. The molecule has 1 saturated carbocycles. The van der Waals surface area contributed by atoms with Crippen LogP contribution < -0.4 is 5.32 Å². The van der Waals surface area contributed by atoms with Crippen LogP contribution in [0, 0.1) is 5.41 Å². The highest BCUT2D eigenvalue weighted by Crippen LogP contribution is 2.44. The highest BCUT2D eigenvalue weighted by atomic mass is 79.9. The van der Waals surface area contributed by atoms with Crippen molar-refractivity contribution in [2.45, 2.75) is 25.7 Å².